The minimum atomic E-state index is -4.71. The molecule has 4 rings (SSSR count). The number of furan rings is 1. The highest BCUT2D eigenvalue weighted by molar-refractivity contribution is 7.93. The minimum Gasteiger partial charge on any atom is -0.497 e. The van der Waals surface area contributed by atoms with Crippen LogP contribution in [0.2, 0.25) is 0 Å². The number of amides is 2. The molecule has 3 aromatic carbocycles. The van der Waals surface area contributed by atoms with Crippen LogP contribution < -0.4 is 24.4 Å². The molecule has 1 heterocycles. The molecule has 218 valence electrons. The second-order valence-electron chi connectivity index (χ2n) is 8.63. The van der Waals surface area contributed by atoms with E-state index in [1.807, 2.05) is 0 Å². The SMILES string of the molecule is COc1ccc(N(CC(=O)Nc2ccccc2C(=O)NCc2ccco2)S(=O)(=O)c2ccccc2[N+](=O)[O-])c(OC)c1. The van der Waals surface area contributed by atoms with Gasteiger partial charge in [-0.1, -0.05) is 24.3 Å². The van der Waals surface area contributed by atoms with Crippen LogP contribution in [0.5, 0.6) is 11.5 Å². The maximum Gasteiger partial charge on any atom is 0.289 e. The number of nitro benzene ring substituents is 1. The van der Waals surface area contributed by atoms with Crippen LogP contribution in [0.15, 0.2) is 94.4 Å². The van der Waals surface area contributed by atoms with Crippen molar-refractivity contribution in [2.45, 2.75) is 11.4 Å². The zero-order valence-electron chi connectivity index (χ0n) is 22.5. The summed E-state index contributed by atoms with van der Waals surface area (Å²) in [5.41, 5.74) is -0.512. The minimum absolute atomic E-state index is 0.0296. The highest BCUT2D eigenvalue weighted by Gasteiger charge is 2.35. The van der Waals surface area contributed by atoms with Crippen molar-refractivity contribution in [2.75, 3.05) is 30.4 Å². The summed E-state index contributed by atoms with van der Waals surface area (Å²) in [4.78, 5) is 36.5. The standard InChI is InChI=1S/C28H26N4O9S/c1-39-19-13-14-23(25(16-19)40-2)31(42(37,38)26-12-6-5-11-24(26)32(35)36)18-27(33)30-22-10-4-3-9-21(22)28(34)29-17-20-8-7-15-41-20/h3-16H,17-18H2,1-2H3,(H,29,34)(H,30,33). The Morgan fingerprint density at radius 3 is 2.40 bits per heavy atom. The third kappa shape index (κ3) is 6.50. The van der Waals surface area contributed by atoms with Gasteiger partial charge < -0.3 is 24.5 Å². The van der Waals surface area contributed by atoms with Crippen LogP contribution >= 0.6 is 0 Å². The molecule has 0 radical (unpaired) electrons. The van der Waals surface area contributed by atoms with Crippen molar-refractivity contribution in [1.29, 1.82) is 0 Å². The molecule has 2 N–H and O–H groups in total. The van der Waals surface area contributed by atoms with E-state index in [4.69, 9.17) is 13.9 Å². The first-order valence-electron chi connectivity index (χ1n) is 12.3. The fraction of sp³-hybridized carbons (Fsp3) is 0.143. The maximum absolute atomic E-state index is 13.9. The monoisotopic (exact) mass is 594 g/mol. The highest BCUT2D eigenvalue weighted by Crippen LogP contribution is 2.37. The fourth-order valence-electron chi connectivity index (χ4n) is 4.02. The normalized spacial score (nSPS) is 10.9. The number of hydrogen-bond donors (Lipinski definition) is 2. The zero-order valence-corrected chi connectivity index (χ0v) is 23.3. The molecule has 0 unspecified atom stereocenters. The van der Waals surface area contributed by atoms with Gasteiger partial charge in [0.2, 0.25) is 5.91 Å². The molecule has 0 saturated carbocycles. The quantitative estimate of drug-likeness (QED) is 0.182. The summed E-state index contributed by atoms with van der Waals surface area (Å²) in [6.45, 7) is -0.716. The Bertz CT molecular complexity index is 1710. The number of nitrogens with zero attached hydrogens (tertiary/aromatic N) is 2. The average molecular weight is 595 g/mol. The molecule has 14 heteroatoms. The first-order chi connectivity index (χ1) is 20.1. The van der Waals surface area contributed by atoms with Gasteiger partial charge in [0.15, 0.2) is 4.90 Å². The van der Waals surface area contributed by atoms with Crippen LogP contribution in [0.1, 0.15) is 16.1 Å². The molecule has 0 aliphatic rings. The van der Waals surface area contributed by atoms with Gasteiger partial charge in [-0.05, 0) is 42.5 Å². The highest BCUT2D eigenvalue weighted by atomic mass is 32.2. The first kappa shape index (κ1) is 29.6. The van der Waals surface area contributed by atoms with Gasteiger partial charge >= 0.3 is 0 Å². The number of sulfonamides is 1. The molecule has 0 spiro atoms. The van der Waals surface area contributed by atoms with E-state index in [2.05, 4.69) is 10.6 Å². The summed E-state index contributed by atoms with van der Waals surface area (Å²) in [7, 11) is -2.00. The topological polar surface area (TPSA) is 170 Å². The van der Waals surface area contributed by atoms with Gasteiger partial charge in [0.05, 0.1) is 48.9 Å². The molecule has 1 aromatic heterocycles. The van der Waals surface area contributed by atoms with Gasteiger partial charge in [0, 0.05) is 12.1 Å². The Kier molecular flexibility index (Phi) is 9.07. The lowest BCUT2D eigenvalue weighted by molar-refractivity contribution is -0.387. The van der Waals surface area contributed by atoms with Crippen molar-refractivity contribution in [3.63, 3.8) is 0 Å². The lowest BCUT2D eigenvalue weighted by atomic mass is 10.1. The Morgan fingerprint density at radius 2 is 1.71 bits per heavy atom. The largest absolute Gasteiger partial charge is 0.497 e. The van der Waals surface area contributed by atoms with Gasteiger partial charge in [-0.25, -0.2) is 8.42 Å². The van der Waals surface area contributed by atoms with Crippen LogP contribution in [0.25, 0.3) is 0 Å². The third-order valence-electron chi connectivity index (χ3n) is 6.02. The molecule has 2 amide bonds. The number of anilines is 2. The second kappa shape index (κ2) is 12.9. The van der Waals surface area contributed by atoms with Crippen LogP contribution in [-0.4, -0.2) is 45.9 Å². The van der Waals surface area contributed by atoms with Crippen LogP contribution in [0, 0.1) is 10.1 Å². The van der Waals surface area contributed by atoms with E-state index >= 15 is 0 Å². The summed E-state index contributed by atoms with van der Waals surface area (Å²) in [5, 5.41) is 17.0. The average Bonchev–Trinajstić information content (AvgIpc) is 3.52. The van der Waals surface area contributed by atoms with Crippen molar-refractivity contribution in [3.8, 4) is 11.5 Å². The first-order valence-corrected chi connectivity index (χ1v) is 13.8. The van der Waals surface area contributed by atoms with E-state index in [0.29, 0.717) is 15.8 Å². The molecule has 13 nitrogen and oxygen atoms in total. The summed E-state index contributed by atoms with van der Waals surface area (Å²) < 4.78 is 44.3. The summed E-state index contributed by atoms with van der Waals surface area (Å²) >= 11 is 0. The smallest absolute Gasteiger partial charge is 0.289 e. The predicted molar refractivity (Wildman–Crippen MR) is 152 cm³/mol. The van der Waals surface area contributed by atoms with E-state index in [0.717, 1.165) is 12.1 Å². The molecule has 42 heavy (non-hydrogen) atoms. The number of rotatable bonds is 12. The Labute approximate surface area is 240 Å². The van der Waals surface area contributed by atoms with Gasteiger partial charge in [-0.3, -0.25) is 24.0 Å². The lowest BCUT2D eigenvalue weighted by Crippen LogP contribution is -2.39. The third-order valence-corrected chi connectivity index (χ3v) is 7.83. The number of nitrogens with one attached hydrogen (secondary N) is 2. The van der Waals surface area contributed by atoms with Crippen molar-refractivity contribution in [3.05, 3.63) is 107 Å². The van der Waals surface area contributed by atoms with Crippen molar-refractivity contribution in [2.24, 2.45) is 0 Å². The van der Waals surface area contributed by atoms with Gasteiger partial charge in [-0.15, -0.1) is 0 Å². The van der Waals surface area contributed by atoms with Crippen molar-refractivity contribution in [1.82, 2.24) is 5.32 Å². The molecule has 0 aliphatic carbocycles. The number of carbonyl (C=O) groups is 2. The van der Waals surface area contributed by atoms with Crippen molar-refractivity contribution < 1.29 is 36.8 Å². The molecule has 0 fully saturated rings. The molecular weight excluding hydrogens is 568 g/mol. The number of hydrogen-bond acceptors (Lipinski definition) is 9. The lowest BCUT2D eigenvalue weighted by Gasteiger charge is -2.26. The summed E-state index contributed by atoms with van der Waals surface area (Å²) in [6.07, 6.45) is 1.47. The molecule has 4 aromatic rings. The van der Waals surface area contributed by atoms with Crippen LogP contribution in [0.4, 0.5) is 17.1 Å². The fourth-order valence-corrected chi connectivity index (χ4v) is 5.61. The van der Waals surface area contributed by atoms with Crippen molar-refractivity contribution >= 4 is 38.9 Å². The Morgan fingerprint density at radius 1 is 0.976 bits per heavy atom. The predicted octanol–water partition coefficient (Wildman–Crippen LogP) is 3.97. The van der Waals surface area contributed by atoms with Gasteiger partial charge in [0.25, 0.3) is 21.6 Å². The van der Waals surface area contributed by atoms with Crippen LogP contribution in [0.3, 0.4) is 0 Å². The van der Waals surface area contributed by atoms with E-state index in [1.54, 1.807) is 24.3 Å². The summed E-state index contributed by atoms with van der Waals surface area (Å²) in [5.74, 6) is -0.446. The maximum atomic E-state index is 13.9. The van der Waals surface area contributed by atoms with Gasteiger partial charge in [-0.2, -0.15) is 0 Å². The number of benzene rings is 3. The zero-order chi connectivity index (χ0) is 30.3. The number of nitro groups is 1. The number of para-hydroxylation sites is 2. The summed E-state index contributed by atoms with van der Waals surface area (Å²) in [6, 6.07) is 18.5. The molecule has 0 atom stereocenters. The number of carbonyl (C=O) groups excluding carboxylic acids is 2. The Hall–Kier alpha value is -5.37. The van der Waals surface area contributed by atoms with E-state index in [9.17, 15) is 28.1 Å². The molecule has 0 bridgehead atoms. The molecule has 0 aliphatic heterocycles. The number of ether oxygens (including phenoxy) is 2. The van der Waals surface area contributed by atoms with E-state index in [1.165, 1.54) is 62.9 Å². The van der Waals surface area contributed by atoms with E-state index < -0.39 is 43.9 Å². The van der Waals surface area contributed by atoms with Gasteiger partial charge in [0.1, 0.15) is 23.8 Å². The molecular formula is C28H26N4O9S. The van der Waals surface area contributed by atoms with Crippen LogP contribution in [-0.2, 0) is 21.4 Å². The number of methoxy groups -OCH3 is 2. The van der Waals surface area contributed by atoms with E-state index in [-0.39, 0.29) is 29.2 Å². The second-order valence-corrected chi connectivity index (χ2v) is 10.5. The molecule has 0 saturated heterocycles. The Balaban J connectivity index is 1.69.